The molecule has 0 aliphatic heterocycles. The van der Waals surface area contributed by atoms with Crippen molar-refractivity contribution in [1.82, 2.24) is 5.32 Å². The molecule has 1 N–H and O–H groups in total. The third-order valence-corrected chi connectivity index (χ3v) is 3.44. The Morgan fingerprint density at radius 1 is 1.13 bits per heavy atom. The van der Waals surface area contributed by atoms with Crippen molar-refractivity contribution in [3.05, 3.63) is 59.7 Å². The minimum absolute atomic E-state index is 0.193. The van der Waals surface area contributed by atoms with Crippen molar-refractivity contribution < 1.29 is 14.3 Å². The van der Waals surface area contributed by atoms with Crippen LogP contribution in [0.3, 0.4) is 0 Å². The maximum atomic E-state index is 11.9. The van der Waals surface area contributed by atoms with Gasteiger partial charge in [0.05, 0.1) is 26.3 Å². The Morgan fingerprint density at radius 3 is 2.43 bits per heavy atom. The topological polar surface area (TPSA) is 71.3 Å². The van der Waals surface area contributed by atoms with Gasteiger partial charge in [-0.1, -0.05) is 30.3 Å². The SMILES string of the molecule is COc1ccc([C@H](NC(=O)CC#N)c2ccccc2OC)cc1. The van der Waals surface area contributed by atoms with Gasteiger partial charge in [0.15, 0.2) is 0 Å². The first kappa shape index (κ1) is 16.4. The molecule has 2 aromatic carbocycles. The van der Waals surface area contributed by atoms with Crippen molar-refractivity contribution in [2.75, 3.05) is 14.2 Å². The lowest BCUT2D eigenvalue weighted by atomic mass is 9.97. The van der Waals surface area contributed by atoms with E-state index < -0.39 is 6.04 Å². The van der Waals surface area contributed by atoms with E-state index in [0.29, 0.717) is 5.75 Å². The Hall–Kier alpha value is -3.00. The average Bonchev–Trinajstić information content (AvgIpc) is 2.60. The van der Waals surface area contributed by atoms with Gasteiger partial charge in [0.25, 0.3) is 0 Å². The second-order valence-electron chi connectivity index (χ2n) is 4.85. The molecule has 0 aromatic heterocycles. The number of nitriles is 1. The van der Waals surface area contributed by atoms with Gasteiger partial charge in [-0.2, -0.15) is 5.26 Å². The molecule has 0 unspecified atom stereocenters. The van der Waals surface area contributed by atoms with Gasteiger partial charge in [0.2, 0.25) is 5.91 Å². The molecule has 118 valence electrons. The fraction of sp³-hybridized carbons (Fsp3) is 0.222. The number of benzene rings is 2. The fourth-order valence-electron chi connectivity index (χ4n) is 2.33. The maximum Gasteiger partial charge on any atom is 0.234 e. The molecule has 0 bridgehead atoms. The number of methoxy groups -OCH3 is 2. The summed E-state index contributed by atoms with van der Waals surface area (Å²) in [5, 5.41) is 11.6. The van der Waals surface area contributed by atoms with E-state index in [0.717, 1.165) is 16.9 Å². The molecular formula is C18H18N2O3. The molecule has 0 heterocycles. The molecule has 5 heteroatoms. The molecule has 0 fully saturated rings. The highest BCUT2D eigenvalue weighted by Crippen LogP contribution is 2.30. The molecule has 2 aromatic rings. The molecule has 0 aliphatic carbocycles. The quantitative estimate of drug-likeness (QED) is 0.890. The summed E-state index contributed by atoms with van der Waals surface area (Å²) in [4.78, 5) is 11.9. The second-order valence-corrected chi connectivity index (χ2v) is 4.85. The van der Waals surface area contributed by atoms with Gasteiger partial charge in [-0.15, -0.1) is 0 Å². The van der Waals surface area contributed by atoms with Gasteiger partial charge in [0.1, 0.15) is 17.9 Å². The number of carbonyl (C=O) groups is 1. The molecule has 5 nitrogen and oxygen atoms in total. The van der Waals surface area contributed by atoms with Crippen molar-refractivity contribution >= 4 is 5.91 Å². The zero-order chi connectivity index (χ0) is 16.7. The first-order valence-corrected chi connectivity index (χ1v) is 7.12. The minimum Gasteiger partial charge on any atom is -0.497 e. The molecule has 0 saturated carbocycles. The molecule has 2 rings (SSSR count). The Morgan fingerprint density at radius 2 is 1.83 bits per heavy atom. The number of ether oxygens (including phenoxy) is 2. The van der Waals surface area contributed by atoms with Crippen molar-refractivity contribution in [2.24, 2.45) is 0 Å². The van der Waals surface area contributed by atoms with E-state index >= 15 is 0 Å². The number of nitrogens with zero attached hydrogens (tertiary/aromatic N) is 1. The average molecular weight is 310 g/mol. The van der Waals surface area contributed by atoms with Crippen LogP contribution >= 0.6 is 0 Å². The minimum atomic E-state index is -0.405. The van der Waals surface area contributed by atoms with Crippen LogP contribution in [0.5, 0.6) is 11.5 Å². The van der Waals surface area contributed by atoms with Crippen molar-refractivity contribution in [3.63, 3.8) is 0 Å². The van der Waals surface area contributed by atoms with Crippen LogP contribution in [-0.4, -0.2) is 20.1 Å². The highest BCUT2D eigenvalue weighted by atomic mass is 16.5. The Bertz CT molecular complexity index is 705. The lowest BCUT2D eigenvalue weighted by Crippen LogP contribution is -2.29. The lowest BCUT2D eigenvalue weighted by molar-refractivity contribution is -0.120. The standard InChI is InChI=1S/C18H18N2O3/c1-22-14-9-7-13(8-10-14)18(20-17(21)11-12-19)15-5-3-4-6-16(15)23-2/h3-10,18H,11H2,1-2H3,(H,20,21)/t18-/m0/s1. The van der Waals surface area contributed by atoms with Gasteiger partial charge < -0.3 is 14.8 Å². The lowest BCUT2D eigenvalue weighted by Gasteiger charge is -2.21. The van der Waals surface area contributed by atoms with Gasteiger partial charge in [0, 0.05) is 5.56 Å². The molecule has 0 radical (unpaired) electrons. The number of amides is 1. The zero-order valence-corrected chi connectivity index (χ0v) is 13.1. The van der Waals surface area contributed by atoms with E-state index in [4.69, 9.17) is 14.7 Å². The summed E-state index contributed by atoms with van der Waals surface area (Å²) in [6.07, 6.45) is -0.193. The van der Waals surface area contributed by atoms with Crippen LogP contribution in [0.2, 0.25) is 0 Å². The van der Waals surface area contributed by atoms with Gasteiger partial charge in [-0.05, 0) is 23.8 Å². The molecule has 0 aliphatic rings. The number of rotatable bonds is 6. The first-order valence-electron chi connectivity index (χ1n) is 7.12. The van der Waals surface area contributed by atoms with Gasteiger partial charge >= 0.3 is 0 Å². The summed E-state index contributed by atoms with van der Waals surface area (Å²) in [7, 11) is 3.18. The largest absolute Gasteiger partial charge is 0.497 e. The van der Waals surface area contributed by atoms with Gasteiger partial charge in [-0.3, -0.25) is 4.79 Å². The van der Waals surface area contributed by atoms with Crippen LogP contribution in [-0.2, 0) is 4.79 Å². The predicted octanol–water partition coefficient (Wildman–Crippen LogP) is 2.82. The Kier molecular flexibility index (Phi) is 5.59. The third kappa shape index (κ3) is 4.01. The Labute approximate surface area is 135 Å². The van der Waals surface area contributed by atoms with E-state index in [-0.39, 0.29) is 12.3 Å². The highest BCUT2D eigenvalue weighted by molar-refractivity contribution is 5.79. The van der Waals surface area contributed by atoms with Crippen LogP contribution in [0.1, 0.15) is 23.6 Å². The van der Waals surface area contributed by atoms with E-state index in [1.807, 2.05) is 54.6 Å². The van der Waals surface area contributed by atoms with Crippen LogP contribution in [0.15, 0.2) is 48.5 Å². The summed E-state index contributed by atoms with van der Waals surface area (Å²) in [5.41, 5.74) is 1.70. The summed E-state index contributed by atoms with van der Waals surface area (Å²) in [6, 6.07) is 16.3. The molecule has 23 heavy (non-hydrogen) atoms. The third-order valence-electron chi connectivity index (χ3n) is 3.44. The summed E-state index contributed by atoms with van der Waals surface area (Å²) < 4.78 is 10.6. The molecular weight excluding hydrogens is 292 g/mol. The molecule has 1 amide bonds. The van der Waals surface area contributed by atoms with Crippen molar-refractivity contribution in [3.8, 4) is 17.6 Å². The summed E-state index contributed by atoms with van der Waals surface area (Å²) >= 11 is 0. The van der Waals surface area contributed by atoms with Crippen LogP contribution < -0.4 is 14.8 Å². The van der Waals surface area contributed by atoms with Crippen molar-refractivity contribution in [2.45, 2.75) is 12.5 Å². The first-order chi connectivity index (χ1) is 11.2. The number of hydrogen-bond donors (Lipinski definition) is 1. The maximum absolute atomic E-state index is 11.9. The van der Waals surface area contributed by atoms with Crippen LogP contribution in [0.25, 0.3) is 0 Å². The van der Waals surface area contributed by atoms with E-state index in [1.165, 1.54) is 0 Å². The number of hydrogen-bond acceptors (Lipinski definition) is 4. The van der Waals surface area contributed by atoms with Crippen LogP contribution in [0.4, 0.5) is 0 Å². The number of nitrogens with one attached hydrogen (secondary N) is 1. The fourth-order valence-corrected chi connectivity index (χ4v) is 2.33. The number of carbonyl (C=O) groups excluding carboxylic acids is 1. The summed E-state index contributed by atoms with van der Waals surface area (Å²) in [5.74, 6) is 1.07. The van der Waals surface area contributed by atoms with Crippen molar-refractivity contribution in [1.29, 1.82) is 5.26 Å². The van der Waals surface area contributed by atoms with Gasteiger partial charge in [-0.25, -0.2) is 0 Å². The predicted molar refractivity (Wildman–Crippen MR) is 86.2 cm³/mol. The smallest absolute Gasteiger partial charge is 0.234 e. The molecule has 0 saturated heterocycles. The van der Waals surface area contributed by atoms with E-state index in [2.05, 4.69) is 5.32 Å². The monoisotopic (exact) mass is 310 g/mol. The van der Waals surface area contributed by atoms with E-state index in [1.54, 1.807) is 14.2 Å². The Balaban J connectivity index is 2.42. The summed E-state index contributed by atoms with van der Waals surface area (Å²) in [6.45, 7) is 0. The zero-order valence-electron chi connectivity index (χ0n) is 13.1. The second kappa shape index (κ2) is 7.85. The number of para-hydroxylation sites is 1. The normalized spacial score (nSPS) is 11.2. The molecule has 0 spiro atoms. The highest BCUT2D eigenvalue weighted by Gasteiger charge is 2.20. The molecule has 1 atom stereocenters. The van der Waals surface area contributed by atoms with E-state index in [9.17, 15) is 4.79 Å². The van der Waals surface area contributed by atoms with Crippen LogP contribution in [0, 0.1) is 11.3 Å².